The van der Waals surface area contributed by atoms with Crippen LogP contribution in [0.4, 0.5) is 0 Å². The van der Waals surface area contributed by atoms with Gasteiger partial charge in [0, 0.05) is 17.0 Å². The minimum absolute atomic E-state index is 0.471. The molecule has 4 unspecified atom stereocenters. The first-order valence-corrected chi connectivity index (χ1v) is 7.40. The molecule has 3 rings (SSSR count). The lowest BCUT2D eigenvalue weighted by molar-refractivity contribution is 0.136. The van der Waals surface area contributed by atoms with Crippen molar-refractivity contribution in [3.05, 3.63) is 0 Å². The Balaban J connectivity index is 1.90. The monoisotopic (exact) mass is 243 g/mol. The van der Waals surface area contributed by atoms with Crippen LogP contribution in [0.3, 0.4) is 0 Å². The standard InChI is InChI=1S/C12H23NP2/c1-9(2)11-4-3-5-13(11)8-10(6-11)7-12(10,14)15/h9H,3-8,14-15H2,1-2H3. The van der Waals surface area contributed by atoms with Crippen LogP contribution >= 0.6 is 18.5 Å². The molecule has 2 heterocycles. The fourth-order valence-corrected chi connectivity index (χ4v) is 5.37. The summed E-state index contributed by atoms with van der Waals surface area (Å²) in [5, 5.41) is 0. The summed E-state index contributed by atoms with van der Waals surface area (Å²) in [5.74, 6) is 0.825. The van der Waals surface area contributed by atoms with Gasteiger partial charge in [-0.2, -0.15) is 0 Å². The van der Waals surface area contributed by atoms with Crippen LogP contribution in [-0.4, -0.2) is 28.4 Å². The molecule has 3 aliphatic rings. The van der Waals surface area contributed by atoms with Gasteiger partial charge in [-0.15, -0.1) is 18.5 Å². The Morgan fingerprint density at radius 3 is 2.33 bits per heavy atom. The smallest absolute Gasteiger partial charge is 0.0239 e. The average molecular weight is 243 g/mol. The van der Waals surface area contributed by atoms with Gasteiger partial charge in [-0.25, -0.2) is 0 Å². The molecule has 4 atom stereocenters. The quantitative estimate of drug-likeness (QED) is 0.640. The topological polar surface area (TPSA) is 3.24 Å². The summed E-state index contributed by atoms with van der Waals surface area (Å²) in [4.78, 5) is 3.28. The van der Waals surface area contributed by atoms with Gasteiger partial charge in [0.2, 0.25) is 0 Å². The highest BCUT2D eigenvalue weighted by atomic mass is 31.1. The fraction of sp³-hybridized carbons (Fsp3) is 1.00. The van der Waals surface area contributed by atoms with Crippen LogP contribution in [0.5, 0.6) is 0 Å². The van der Waals surface area contributed by atoms with Gasteiger partial charge < -0.3 is 0 Å². The molecule has 1 spiro atoms. The lowest BCUT2D eigenvalue weighted by Crippen LogP contribution is -2.42. The Labute approximate surface area is 98.2 Å². The molecule has 0 radical (unpaired) electrons. The fourth-order valence-electron chi connectivity index (χ4n) is 4.20. The van der Waals surface area contributed by atoms with Crippen molar-refractivity contribution in [3.63, 3.8) is 0 Å². The molecular formula is C12H23NP2. The molecule has 0 N–H and O–H groups in total. The van der Waals surface area contributed by atoms with Gasteiger partial charge >= 0.3 is 0 Å². The van der Waals surface area contributed by atoms with Crippen LogP contribution in [0.1, 0.15) is 39.5 Å². The third kappa shape index (κ3) is 1.27. The number of hydrogen-bond acceptors (Lipinski definition) is 1. The summed E-state index contributed by atoms with van der Waals surface area (Å²) < 4.78 is 0. The maximum atomic E-state index is 3.08. The number of fused-ring (bicyclic) bond motifs is 1. The van der Waals surface area contributed by atoms with E-state index in [-0.39, 0.29) is 0 Å². The van der Waals surface area contributed by atoms with E-state index < -0.39 is 0 Å². The predicted molar refractivity (Wildman–Crippen MR) is 72.2 cm³/mol. The van der Waals surface area contributed by atoms with Gasteiger partial charge in [-0.1, -0.05) is 13.8 Å². The van der Waals surface area contributed by atoms with E-state index in [0.29, 0.717) is 15.9 Å². The zero-order valence-electron chi connectivity index (χ0n) is 9.92. The van der Waals surface area contributed by atoms with Crippen molar-refractivity contribution in [1.29, 1.82) is 0 Å². The molecule has 0 aromatic carbocycles. The van der Waals surface area contributed by atoms with Crippen LogP contribution in [-0.2, 0) is 0 Å². The van der Waals surface area contributed by atoms with Crippen molar-refractivity contribution in [2.75, 3.05) is 13.1 Å². The summed E-state index contributed by atoms with van der Waals surface area (Å²) in [5.41, 5.74) is 1.20. The lowest BCUT2D eigenvalue weighted by atomic mass is 9.79. The van der Waals surface area contributed by atoms with Crippen molar-refractivity contribution < 1.29 is 0 Å². The third-order valence-electron chi connectivity index (χ3n) is 5.37. The molecule has 2 saturated heterocycles. The van der Waals surface area contributed by atoms with Gasteiger partial charge in [0.05, 0.1) is 0 Å². The summed E-state index contributed by atoms with van der Waals surface area (Å²) in [6.45, 7) is 7.56. The Hall–Kier alpha value is 0.820. The van der Waals surface area contributed by atoms with Gasteiger partial charge in [-0.05, 0) is 43.6 Å². The van der Waals surface area contributed by atoms with Crippen molar-refractivity contribution in [2.24, 2.45) is 11.3 Å². The van der Waals surface area contributed by atoms with Crippen LogP contribution in [0, 0.1) is 11.3 Å². The molecule has 0 bridgehead atoms. The van der Waals surface area contributed by atoms with Gasteiger partial charge in [0.25, 0.3) is 0 Å². The molecule has 86 valence electrons. The Morgan fingerprint density at radius 1 is 1.20 bits per heavy atom. The van der Waals surface area contributed by atoms with E-state index in [1.165, 1.54) is 38.8 Å². The van der Waals surface area contributed by atoms with Gasteiger partial charge in [0.15, 0.2) is 0 Å². The first-order chi connectivity index (χ1) is 6.92. The van der Waals surface area contributed by atoms with Crippen molar-refractivity contribution in [3.8, 4) is 0 Å². The van der Waals surface area contributed by atoms with Crippen LogP contribution in [0.2, 0.25) is 0 Å². The van der Waals surface area contributed by atoms with Gasteiger partial charge in [0.1, 0.15) is 0 Å². The predicted octanol–water partition coefficient (Wildman–Crippen LogP) is 2.72. The summed E-state index contributed by atoms with van der Waals surface area (Å²) in [6.07, 6.45) is 5.72. The molecule has 0 aromatic heterocycles. The van der Waals surface area contributed by atoms with E-state index in [0.717, 1.165) is 5.92 Å². The van der Waals surface area contributed by atoms with E-state index in [9.17, 15) is 0 Å². The first kappa shape index (κ1) is 10.9. The van der Waals surface area contributed by atoms with Crippen LogP contribution in [0.15, 0.2) is 0 Å². The minimum atomic E-state index is 0.471. The molecule has 1 saturated carbocycles. The Kier molecular flexibility index (Phi) is 2.17. The molecule has 1 nitrogen and oxygen atoms in total. The first-order valence-electron chi connectivity index (χ1n) is 6.25. The molecule has 15 heavy (non-hydrogen) atoms. The number of rotatable bonds is 1. The van der Waals surface area contributed by atoms with E-state index in [1.807, 2.05) is 0 Å². The molecule has 3 fully saturated rings. The van der Waals surface area contributed by atoms with E-state index in [4.69, 9.17) is 0 Å². The molecule has 3 heteroatoms. The molecule has 1 aliphatic carbocycles. The van der Waals surface area contributed by atoms with Crippen molar-refractivity contribution >= 4 is 18.5 Å². The Morgan fingerprint density at radius 2 is 1.87 bits per heavy atom. The second kappa shape index (κ2) is 2.98. The normalized spacial score (nSPS) is 47.8. The van der Waals surface area contributed by atoms with E-state index in [2.05, 4.69) is 37.2 Å². The second-order valence-electron chi connectivity index (χ2n) is 6.46. The largest absolute Gasteiger partial charge is 0.297 e. The molecule has 2 aliphatic heterocycles. The highest BCUT2D eigenvalue weighted by Crippen LogP contribution is 2.74. The summed E-state index contributed by atoms with van der Waals surface area (Å²) in [7, 11) is 6.17. The van der Waals surface area contributed by atoms with E-state index in [1.54, 1.807) is 0 Å². The summed E-state index contributed by atoms with van der Waals surface area (Å²) >= 11 is 0. The highest BCUT2D eigenvalue weighted by molar-refractivity contribution is 7.41. The zero-order valence-corrected chi connectivity index (χ0v) is 12.2. The zero-order chi connectivity index (χ0) is 10.9. The van der Waals surface area contributed by atoms with E-state index >= 15 is 0 Å². The van der Waals surface area contributed by atoms with Crippen molar-refractivity contribution in [2.45, 2.75) is 50.0 Å². The number of nitrogens with zero attached hydrogens (tertiary/aromatic N) is 1. The molecular weight excluding hydrogens is 220 g/mol. The third-order valence-corrected chi connectivity index (χ3v) is 7.01. The Bertz CT molecular complexity index is 302. The average Bonchev–Trinajstić information content (AvgIpc) is 2.46. The lowest BCUT2D eigenvalue weighted by Gasteiger charge is -2.36. The summed E-state index contributed by atoms with van der Waals surface area (Å²) in [6, 6.07) is 0. The van der Waals surface area contributed by atoms with Crippen molar-refractivity contribution in [1.82, 2.24) is 4.90 Å². The highest BCUT2D eigenvalue weighted by Gasteiger charge is 2.70. The maximum absolute atomic E-state index is 3.08. The van der Waals surface area contributed by atoms with Crippen LogP contribution in [0.25, 0.3) is 0 Å². The van der Waals surface area contributed by atoms with Gasteiger partial charge in [-0.3, -0.25) is 4.90 Å². The SMILES string of the molecule is CC(C)C12CCCN1CC1(C2)CC1(P)P. The number of hydrogen-bond donors (Lipinski definition) is 0. The minimum Gasteiger partial charge on any atom is -0.297 e. The maximum Gasteiger partial charge on any atom is 0.0239 e. The second-order valence-corrected chi connectivity index (χ2v) is 9.18. The van der Waals surface area contributed by atoms with Crippen LogP contribution < -0.4 is 0 Å². The molecule has 0 amide bonds. The molecule has 0 aromatic rings.